The lowest BCUT2D eigenvalue weighted by Gasteiger charge is -2.08. The van der Waals surface area contributed by atoms with Crippen LogP contribution < -0.4 is 15.5 Å². The van der Waals surface area contributed by atoms with Gasteiger partial charge < -0.3 is 10.1 Å². The van der Waals surface area contributed by atoms with Gasteiger partial charge in [-0.15, -0.1) is 0 Å². The number of halogens is 2. The van der Waals surface area contributed by atoms with Crippen LogP contribution in [0.3, 0.4) is 0 Å². The zero-order valence-corrected chi connectivity index (χ0v) is 18.1. The number of rotatable bonds is 6. The predicted octanol–water partition coefficient (Wildman–Crippen LogP) is 5.05. The van der Waals surface area contributed by atoms with Crippen molar-refractivity contribution in [3.63, 3.8) is 0 Å². The summed E-state index contributed by atoms with van der Waals surface area (Å²) in [4.78, 5) is 24.1. The Morgan fingerprint density at radius 3 is 2.32 bits per heavy atom. The Bertz CT molecular complexity index is 1100. The van der Waals surface area contributed by atoms with Crippen LogP contribution in [0.4, 0.5) is 5.69 Å². The summed E-state index contributed by atoms with van der Waals surface area (Å²) < 4.78 is 5.75. The maximum Gasteiger partial charge on any atom is 0.329 e. The number of nitrogens with one attached hydrogen (secondary N) is 2. The number of hydrazone groups is 1. The van der Waals surface area contributed by atoms with E-state index in [2.05, 4.69) is 15.8 Å². The summed E-state index contributed by atoms with van der Waals surface area (Å²) >= 11 is 11.9. The van der Waals surface area contributed by atoms with Crippen molar-refractivity contribution in [1.82, 2.24) is 5.43 Å². The minimum Gasteiger partial charge on any atom is -0.489 e. The summed E-state index contributed by atoms with van der Waals surface area (Å²) in [5.41, 5.74) is 4.83. The number of amides is 2. The second-order valence-electron chi connectivity index (χ2n) is 6.49. The lowest BCUT2D eigenvalue weighted by molar-refractivity contribution is -0.136. The molecule has 2 N–H and O–H groups in total. The molecule has 0 aliphatic rings. The van der Waals surface area contributed by atoms with Crippen LogP contribution in [0.5, 0.6) is 5.75 Å². The first-order valence-corrected chi connectivity index (χ1v) is 10.1. The van der Waals surface area contributed by atoms with Crippen molar-refractivity contribution in [2.24, 2.45) is 5.10 Å². The molecule has 0 bridgehead atoms. The van der Waals surface area contributed by atoms with Crippen molar-refractivity contribution in [2.75, 3.05) is 5.32 Å². The molecule has 3 aromatic carbocycles. The zero-order chi connectivity index (χ0) is 22.2. The molecule has 8 heteroatoms. The maximum atomic E-state index is 12.0. The van der Waals surface area contributed by atoms with Gasteiger partial charge in [0.05, 0.1) is 21.4 Å². The van der Waals surface area contributed by atoms with Crippen LogP contribution in [0.25, 0.3) is 0 Å². The SMILES string of the molecule is CC(=NNC(=O)C(=O)Nc1cccc(Cl)c1Cl)c1ccc(OCc2ccccc2)cc1. The van der Waals surface area contributed by atoms with Gasteiger partial charge in [0.15, 0.2) is 0 Å². The van der Waals surface area contributed by atoms with Crippen LogP contribution in [0.2, 0.25) is 10.0 Å². The molecule has 0 unspecified atom stereocenters. The van der Waals surface area contributed by atoms with Crippen molar-refractivity contribution >= 4 is 46.4 Å². The minimum absolute atomic E-state index is 0.152. The van der Waals surface area contributed by atoms with E-state index in [1.165, 1.54) is 6.07 Å². The minimum atomic E-state index is -0.932. The van der Waals surface area contributed by atoms with E-state index in [-0.39, 0.29) is 15.7 Å². The predicted molar refractivity (Wildman–Crippen MR) is 123 cm³/mol. The van der Waals surface area contributed by atoms with Gasteiger partial charge in [0, 0.05) is 0 Å². The number of carbonyl (C=O) groups is 2. The van der Waals surface area contributed by atoms with Crippen molar-refractivity contribution in [2.45, 2.75) is 13.5 Å². The highest BCUT2D eigenvalue weighted by atomic mass is 35.5. The van der Waals surface area contributed by atoms with Crippen LogP contribution >= 0.6 is 23.2 Å². The summed E-state index contributed by atoms with van der Waals surface area (Å²) in [6.07, 6.45) is 0. The van der Waals surface area contributed by atoms with E-state index in [1.54, 1.807) is 19.1 Å². The number of benzene rings is 3. The van der Waals surface area contributed by atoms with Crippen molar-refractivity contribution < 1.29 is 14.3 Å². The number of nitrogens with zero attached hydrogens (tertiary/aromatic N) is 1. The van der Waals surface area contributed by atoms with Crippen LogP contribution in [0, 0.1) is 0 Å². The Morgan fingerprint density at radius 1 is 0.903 bits per heavy atom. The monoisotopic (exact) mass is 455 g/mol. The Kier molecular flexibility index (Phi) is 7.65. The van der Waals surface area contributed by atoms with Gasteiger partial charge in [0.2, 0.25) is 0 Å². The van der Waals surface area contributed by atoms with E-state index in [1.807, 2.05) is 54.6 Å². The van der Waals surface area contributed by atoms with Gasteiger partial charge in [-0.2, -0.15) is 5.10 Å². The summed E-state index contributed by atoms with van der Waals surface area (Å²) in [6.45, 7) is 2.18. The fourth-order valence-corrected chi connectivity index (χ4v) is 2.91. The summed E-state index contributed by atoms with van der Waals surface area (Å²) in [7, 11) is 0. The molecule has 0 saturated heterocycles. The Hall–Kier alpha value is -3.35. The topological polar surface area (TPSA) is 79.8 Å². The Morgan fingerprint density at radius 2 is 1.61 bits per heavy atom. The largest absolute Gasteiger partial charge is 0.489 e. The molecule has 0 fully saturated rings. The molecule has 0 saturated carbocycles. The van der Waals surface area contributed by atoms with Crippen LogP contribution in [0.1, 0.15) is 18.1 Å². The molecule has 6 nitrogen and oxygen atoms in total. The molecule has 2 amide bonds. The van der Waals surface area contributed by atoms with Crippen molar-refractivity contribution in [1.29, 1.82) is 0 Å². The second kappa shape index (κ2) is 10.6. The van der Waals surface area contributed by atoms with Crippen molar-refractivity contribution in [3.8, 4) is 5.75 Å². The van der Waals surface area contributed by atoms with Crippen LogP contribution in [0.15, 0.2) is 77.9 Å². The highest BCUT2D eigenvalue weighted by Crippen LogP contribution is 2.29. The van der Waals surface area contributed by atoms with Crippen LogP contribution in [-0.4, -0.2) is 17.5 Å². The molecule has 0 aliphatic carbocycles. The second-order valence-corrected chi connectivity index (χ2v) is 7.28. The van der Waals surface area contributed by atoms with Gasteiger partial charge in [-0.1, -0.05) is 59.6 Å². The highest BCUT2D eigenvalue weighted by molar-refractivity contribution is 6.45. The Labute approximate surface area is 189 Å². The van der Waals surface area contributed by atoms with Gasteiger partial charge in [-0.05, 0) is 54.4 Å². The number of carbonyl (C=O) groups excluding carboxylic acids is 2. The molecule has 158 valence electrons. The molecular formula is C23H19Cl2N3O3. The summed E-state index contributed by atoms with van der Waals surface area (Å²) in [6, 6.07) is 21.8. The number of ether oxygens (including phenoxy) is 1. The van der Waals surface area contributed by atoms with E-state index in [0.717, 1.165) is 11.1 Å². The summed E-state index contributed by atoms with van der Waals surface area (Å²) in [5, 5.41) is 6.79. The molecule has 3 aromatic rings. The third kappa shape index (κ3) is 6.31. The van der Waals surface area contributed by atoms with E-state index in [0.29, 0.717) is 18.1 Å². The van der Waals surface area contributed by atoms with Crippen LogP contribution in [-0.2, 0) is 16.2 Å². The van der Waals surface area contributed by atoms with Gasteiger partial charge >= 0.3 is 11.8 Å². The van der Waals surface area contributed by atoms with Gasteiger partial charge in [0.25, 0.3) is 0 Å². The fraction of sp³-hybridized carbons (Fsp3) is 0.0870. The Balaban J connectivity index is 1.55. The lowest BCUT2D eigenvalue weighted by Crippen LogP contribution is -2.33. The van der Waals surface area contributed by atoms with E-state index >= 15 is 0 Å². The average molecular weight is 456 g/mol. The fourth-order valence-electron chi connectivity index (χ4n) is 2.56. The quantitative estimate of drug-likeness (QED) is 0.310. The first-order chi connectivity index (χ1) is 14.9. The summed E-state index contributed by atoms with van der Waals surface area (Å²) in [5.74, 6) is -1.13. The molecule has 31 heavy (non-hydrogen) atoms. The van der Waals surface area contributed by atoms with E-state index in [9.17, 15) is 9.59 Å². The number of hydrogen-bond donors (Lipinski definition) is 2. The first-order valence-electron chi connectivity index (χ1n) is 9.31. The average Bonchev–Trinajstić information content (AvgIpc) is 2.79. The van der Waals surface area contributed by atoms with Gasteiger partial charge in [-0.3, -0.25) is 9.59 Å². The lowest BCUT2D eigenvalue weighted by atomic mass is 10.1. The third-order valence-corrected chi connectivity index (χ3v) is 5.07. The zero-order valence-electron chi connectivity index (χ0n) is 16.6. The van der Waals surface area contributed by atoms with Gasteiger partial charge in [0.1, 0.15) is 12.4 Å². The first kappa shape index (κ1) is 22.3. The number of anilines is 1. The van der Waals surface area contributed by atoms with Gasteiger partial charge in [-0.25, -0.2) is 5.43 Å². The normalized spacial score (nSPS) is 11.0. The smallest absolute Gasteiger partial charge is 0.329 e. The molecule has 0 aromatic heterocycles. The molecule has 0 heterocycles. The van der Waals surface area contributed by atoms with E-state index < -0.39 is 11.8 Å². The molecule has 0 aliphatic heterocycles. The molecule has 0 radical (unpaired) electrons. The molecule has 0 spiro atoms. The standard InChI is InChI=1S/C23H19Cl2N3O3/c1-15(17-10-12-18(13-11-17)31-14-16-6-3-2-4-7-16)27-28-23(30)22(29)26-20-9-5-8-19(24)21(20)25/h2-13H,14H2,1H3,(H,26,29)(H,28,30). The highest BCUT2D eigenvalue weighted by Gasteiger charge is 2.15. The van der Waals surface area contributed by atoms with E-state index in [4.69, 9.17) is 27.9 Å². The molecular weight excluding hydrogens is 437 g/mol. The maximum absolute atomic E-state index is 12.0. The molecule has 3 rings (SSSR count). The number of hydrogen-bond acceptors (Lipinski definition) is 4. The molecule has 0 atom stereocenters. The van der Waals surface area contributed by atoms with Crippen molar-refractivity contribution in [3.05, 3.63) is 94.0 Å². The third-order valence-electron chi connectivity index (χ3n) is 4.25.